The van der Waals surface area contributed by atoms with E-state index in [4.69, 9.17) is 4.74 Å². The van der Waals surface area contributed by atoms with E-state index in [0.29, 0.717) is 0 Å². The Morgan fingerprint density at radius 1 is 1.05 bits per heavy atom. The smallest absolute Gasteiger partial charge is 0.119 e. The van der Waals surface area contributed by atoms with Gasteiger partial charge in [0, 0.05) is 0 Å². The molecule has 0 fully saturated rings. The summed E-state index contributed by atoms with van der Waals surface area (Å²) in [5, 5.41) is 0. The number of ether oxygens (including phenoxy) is 1. The topological polar surface area (TPSA) is 9.23 Å². The van der Waals surface area contributed by atoms with Crippen LogP contribution in [-0.2, 0) is 0 Å². The molecule has 0 aliphatic carbocycles. The monoisotopic (exact) mass is 274 g/mol. The van der Waals surface area contributed by atoms with Crippen molar-refractivity contribution >= 4 is 5.57 Å². The van der Waals surface area contributed by atoms with Gasteiger partial charge in [-0.2, -0.15) is 0 Å². The van der Waals surface area contributed by atoms with Gasteiger partial charge in [-0.15, -0.1) is 0 Å². The maximum absolute atomic E-state index is 5.35. The summed E-state index contributed by atoms with van der Waals surface area (Å²) < 4.78 is 5.35. The number of allylic oxidation sites excluding steroid dienone is 2. The van der Waals surface area contributed by atoms with Crippen LogP contribution >= 0.6 is 0 Å². The maximum Gasteiger partial charge on any atom is 0.119 e. The summed E-state index contributed by atoms with van der Waals surface area (Å²) in [6.07, 6.45) is 12.6. The molecule has 0 heterocycles. The minimum absolute atomic E-state index is 0.956. The molecule has 0 bridgehead atoms. The molecule has 0 aliphatic rings. The molecule has 1 aromatic carbocycles. The van der Waals surface area contributed by atoms with Crippen molar-refractivity contribution < 1.29 is 4.74 Å². The lowest BCUT2D eigenvalue weighted by molar-refractivity contribution is 0.414. The molecule has 0 aliphatic heterocycles. The van der Waals surface area contributed by atoms with Gasteiger partial charge in [0.1, 0.15) is 5.75 Å². The number of rotatable bonds is 10. The summed E-state index contributed by atoms with van der Waals surface area (Å²) in [5.74, 6) is 0.956. The van der Waals surface area contributed by atoms with Gasteiger partial charge in [-0.05, 0) is 49.0 Å². The molecule has 0 unspecified atom stereocenters. The van der Waals surface area contributed by atoms with Crippen LogP contribution in [0.5, 0.6) is 5.75 Å². The van der Waals surface area contributed by atoms with Crippen LogP contribution in [0.3, 0.4) is 0 Å². The molecule has 1 heteroatoms. The Bertz CT molecular complexity index is 393. The molecule has 1 aromatic rings. The van der Waals surface area contributed by atoms with E-state index >= 15 is 0 Å². The fourth-order valence-corrected chi connectivity index (χ4v) is 2.42. The average molecular weight is 274 g/mol. The van der Waals surface area contributed by atoms with Crippen molar-refractivity contribution in [2.24, 2.45) is 0 Å². The van der Waals surface area contributed by atoms with Crippen LogP contribution in [0.1, 0.15) is 70.8 Å². The van der Waals surface area contributed by atoms with Crippen LogP contribution in [0.25, 0.3) is 5.57 Å². The first-order chi connectivity index (χ1) is 9.81. The summed E-state index contributed by atoms with van der Waals surface area (Å²) in [5.41, 5.74) is 2.82. The summed E-state index contributed by atoms with van der Waals surface area (Å²) in [6.45, 7) is 4.52. The Labute approximate surface area is 125 Å². The number of methoxy groups -OCH3 is 1. The van der Waals surface area contributed by atoms with E-state index < -0.39 is 0 Å². The zero-order valence-corrected chi connectivity index (χ0v) is 13.5. The zero-order chi connectivity index (χ0) is 14.6. The van der Waals surface area contributed by atoms with Crippen LogP contribution in [0.2, 0.25) is 0 Å². The highest BCUT2D eigenvalue weighted by Crippen LogP contribution is 2.25. The van der Waals surface area contributed by atoms with Gasteiger partial charge in [-0.1, -0.05) is 57.7 Å². The highest BCUT2D eigenvalue weighted by Gasteiger charge is 2.03. The van der Waals surface area contributed by atoms with Crippen molar-refractivity contribution in [3.8, 4) is 5.75 Å². The van der Waals surface area contributed by atoms with Gasteiger partial charge < -0.3 is 4.74 Å². The van der Waals surface area contributed by atoms with Crippen LogP contribution in [0.4, 0.5) is 0 Å². The first kappa shape index (κ1) is 16.8. The molecule has 0 amide bonds. The lowest BCUT2D eigenvalue weighted by atomic mass is 9.97. The predicted octanol–water partition coefficient (Wildman–Crippen LogP) is 6.24. The van der Waals surface area contributed by atoms with Gasteiger partial charge in [-0.25, -0.2) is 0 Å². The van der Waals surface area contributed by atoms with Gasteiger partial charge in [0.2, 0.25) is 0 Å². The van der Waals surface area contributed by atoms with Crippen molar-refractivity contribution in [2.75, 3.05) is 7.11 Å². The normalized spacial score (nSPS) is 11.7. The number of unbranched alkanes of at least 4 members (excludes halogenated alkanes) is 5. The van der Waals surface area contributed by atoms with Crippen molar-refractivity contribution in [1.82, 2.24) is 0 Å². The highest BCUT2D eigenvalue weighted by molar-refractivity contribution is 5.66. The summed E-state index contributed by atoms with van der Waals surface area (Å²) >= 11 is 0. The van der Waals surface area contributed by atoms with E-state index in [1.54, 1.807) is 7.11 Å². The molecule has 1 rings (SSSR count). The van der Waals surface area contributed by atoms with E-state index in [1.807, 2.05) is 6.07 Å². The molecule has 0 saturated heterocycles. The van der Waals surface area contributed by atoms with Gasteiger partial charge in [0.05, 0.1) is 7.11 Å². The summed E-state index contributed by atoms with van der Waals surface area (Å²) in [7, 11) is 1.74. The molecular formula is C19H30O. The Balaban J connectivity index is 2.73. The van der Waals surface area contributed by atoms with E-state index in [1.165, 1.54) is 62.5 Å². The van der Waals surface area contributed by atoms with E-state index in [9.17, 15) is 0 Å². The molecule has 0 radical (unpaired) electrons. The zero-order valence-electron chi connectivity index (χ0n) is 13.5. The molecule has 0 spiro atoms. The molecule has 1 nitrogen and oxygen atoms in total. The number of benzene rings is 1. The second kappa shape index (κ2) is 10.5. The second-order valence-corrected chi connectivity index (χ2v) is 5.41. The van der Waals surface area contributed by atoms with Crippen molar-refractivity contribution in [2.45, 2.75) is 65.2 Å². The molecule has 0 atom stereocenters. The highest BCUT2D eigenvalue weighted by atomic mass is 16.5. The Kier molecular flexibility index (Phi) is 8.86. The molecule has 0 N–H and O–H groups in total. The maximum atomic E-state index is 5.35. The average Bonchev–Trinajstić information content (AvgIpc) is 2.50. The molecule has 20 heavy (non-hydrogen) atoms. The van der Waals surface area contributed by atoms with Crippen LogP contribution in [0, 0.1) is 0 Å². The first-order valence-electron chi connectivity index (χ1n) is 8.15. The minimum atomic E-state index is 0.956. The number of hydrogen-bond acceptors (Lipinski definition) is 1. The fraction of sp³-hybridized carbons (Fsp3) is 0.579. The van der Waals surface area contributed by atoms with Crippen LogP contribution in [0.15, 0.2) is 30.3 Å². The third kappa shape index (κ3) is 6.27. The van der Waals surface area contributed by atoms with E-state index in [0.717, 1.165) is 5.75 Å². The quantitative estimate of drug-likeness (QED) is 0.459. The predicted molar refractivity (Wildman–Crippen MR) is 89.3 cm³/mol. The van der Waals surface area contributed by atoms with Crippen molar-refractivity contribution in [3.05, 3.63) is 35.9 Å². The standard InChI is InChI=1S/C19H30O/c1-4-6-8-10-13-17(12-9-7-5-2)18-14-11-15-19(16-18)20-3/h11,13-16H,4-10,12H2,1-3H3. The van der Waals surface area contributed by atoms with Crippen LogP contribution < -0.4 is 4.74 Å². The van der Waals surface area contributed by atoms with E-state index in [2.05, 4.69) is 38.1 Å². The van der Waals surface area contributed by atoms with Gasteiger partial charge in [0.15, 0.2) is 0 Å². The SMILES string of the molecule is CCCCCC=C(CCCCC)c1cccc(OC)c1. The molecule has 0 aromatic heterocycles. The Hall–Kier alpha value is -1.24. The molecule has 112 valence electrons. The van der Waals surface area contributed by atoms with Crippen LogP contribution in [-0.4, -0.2) is 7.11 Å². The molecular weight excluding hydrogens is 244 g/mol. The van der Waals surface area contributed by atoms with Crippen molar-refractivity contribution in [1.29, 1.82) is 0 Å². The largest absolute Gasteiger partial charge is 0.497 e. The third-order valence-corrected chi connectivity index (χ3v) is 3.69. The fourth-order valence-electron chi connectivity index (χ4n) is 2.42. The lowest BCUT2D eigenvalue weighted by Crippen LogP contribution is -1.89. The van der Waals surface area contributed by atoms with Gasteiger partial charge in [-0.3, -0.25) is 0 Å². The van der Waals surface area contributed by atoms with Gasteiger partial charge in [0.25, 0.3) is 0 Å². The molecule has 0 saturated carbocycles. The first-order valence-corrected chi connectivity index (χ1v) is 8.15. The summed E-state index contributed by atoms with van der Waals surface area (Å²) in [6, 6.07) is 8.48. The Morgan fingerprint density at radius 2 is 1.80 bits per heavy atom. The minimum Gasteiger partial charge on any atom is -0.497 e. The van der Waals surface area contributed by atoms with Gasteiger partial charge >= 0.3 is 0 Å². The van der Waals surface area contributed by atoms with Crippen molar-refractivity contribution in [3.63, 3.8) is 0 Å². The Morgan fingerprint density at radius 3 is 2.50 bits per heavy atom. The lowest BCUT2D eigenvalue weighted by Gasteiger charge is -2.10. The van der Waals surface area contributed by atoms with E-state index in [-0.39, 0.29) is 0 Å². The number of hydrogen-bond donors (Lipinski definition) is 0. The second-order valence-electron chi connectivity index (χ2n) is 5.41. The summed E-state index contributed by atoms with van der Waals surface area (Å²) in [4.78, 5) is 0. The third-order valence-electron chi connectivity index (χ3n) is 3.69.